The van der Waals surface area contributed by atoms with Crippen molar-refractivity contribution < 1.29 is 9.53 Å². The monoisotopic (exact) mass is 351 g/mol. The van der Waals surface area contributed by atoms with Crippen LogP contribution in [-0.2, 0) is 0 Å². The van der Waals surface area contributed by atoms with Gasteiger partial charge in [0.1, 0.15) is 11.3 Å². The van der Waals surface area contributed by atoms with Crippen LogP contribution in [0.15, 0.2) is 47.5 Å². The van der Waals surface area contributed by atoms with Gasteiger partial charge in [-0.1, -0.05) is 36.0 Å². The van der Waals surface area contributed by atoms with Crippen LogP contribution in [0.1, 0.15) is 27.0 Å². The van der Waals surface area contributed by atoms with Crippen molar-refractivity contribution in [2.75, 3.05) is 12.9 Å². The number of fused-ring (bicyclic) bond motifs is 1. The van der Waals surface area contributed by atoms with Crippen molar-refractivity contribution in [3.63, 3.8) is 0 Å². The van der Waals surface area contributed by atoms with Gasteiger partial charge in [0, 0.05) is 10.9 Å². The van der Waals surface area contributed by atoms with E-state index in [0.29, 0.717) is 5.75 Å². The molecule has 0 radical (unpaired) electrons. The highest BCUT2D eigenvalue weighted by atomic mass is 32.2. The molecule has 1 aromatic heterocycles. The SMILES string of the molecule is COc1cccc2c(C)cc(SCC(=O)c3ccc(C)c(C)c3)nc12. The highest BCUT2D eigenvalue weighted by molar-refractivity contribution is 7.99. The number of carbonyl (C=O) groups excluding carboxylic acids is 1. The second kappa shape index (κ2) is 7.28. The Labute approximate surface area is 152 Å². The molecule has 0 N–H and O–H groups in total. The third kappa shape index (κ3) is 3.69. The molecule has 0 spiro atoms. The number of hydrogen-bond donors (Lipinski definition) is 0. The minimum atomic E-state index is 0.118. The summed E-state index contributed by atoms with van der Waals surface area (Å²) in [5.74, 6) is 1.24. The fraction of sp³-hybridized carbons (Fsp3) is 0.238. The lowest BCUT2D eigenvalue weighted by Gasteiger charge is -2.09. The molecule has 0 aliphatic heterocycles. The van der Waals surface area contributed by atoms with Gasteiger partial charge < -0.3 is 4.74 Å². The Morgan fingerprint density at radius 3 is 2.56 bits per heavy atom. The Bertz CT molecular complexity index is 950. The van der Waals surface area contributed by atoms with E-state index in [1.807, 2.05) is 56.3 Å². The number of nitrogens with zero attached hydrogens (tertiary/aromatic N) is 1. The van der Waals surface area contributed by atoms with Crippen LogP contribution in [0, 0.1) is 20.8 Å². The Morgan fingerprint density at radius 2 is 1.84 bits per heavy atom. The Balaban J connectivity index is 1.83. The second-order valence-corrected chi connectivity index (χ2v) is 7.14. The van der Waals surface area contributed by atoms with Gasteiger partial charge in [0.25, 0.3) is 0 Å². The van der Waals surface area contributed by atoms with Crippen molar-refractivity contribution >= 4 is 28.4 Å². The van der Waals surface area contributed by atoms with E-state index in [4.69, 9.17) is 4.74 Å². The van der Waals surface area contributed by atoms with Gasteiger partial charge in [-0.2, -0.15) is 0 Å². The number of rotatable bonds is 5. The van der Waals surface area contributed by atoms with Crippen LogP contribution in [-0.4, -0.2) is 23.6 Å². The molecule has 0 atom stereocenters. The number of para-hydroxylation sites is 1. The standard InChI is InChI=1S/C21H21NO2S/c1-13-8-9-16(10-14(13)2)18(23)12-25-20-11-15(3)17-6-5-7-19(24-4)21(17)22-20/h5-11H,12H2,1-4H3. The average Bonchev–Trinajstić information content (AvgIpc) is 2.61. The first-order valence-electron chi connectivity index (χ1n) is 8.17. The minimum Gasteiger partial charge on any atom is -0.494 e. The molecule has 0 fully saturated rings. The predicted molar refractivity (Wildman–Crippen MR) is 104 cm³/mol. The smallest absolute Gasteiger partial charge is 0.173 e. The van der Waals surface area contributed by atoms with Crippen molar-refractivity contribution in [3.8, 4) is 5.75 Å². The number of Topliss-reactive ketones (excluding diaryl/α,β-unsaturated/α-hetero) is 1. The number of methoxy groups -OCH3 is 1. The Kier molecular flexibility index (Phi) is 5.09. The van der Waals surface area contributed by atoms with Crippen LogP contribution < -0.4 is 4.74 Å². The minimum absolute atomic E-state index is 0.118. The molecule has 1 heterocycles. The Morgan fingerprint density at radius 1 is 1.04 bits per heavy atom. The average molecular weight is 351 g/mol. The van der Waals surface area contributed by atoms with Crippen molar-refractivity contribution in [2.24, 2.45) is 0 Å². The third-order valence-electron chi connectivity index (χ3n) is 4.39. The molecule has 0 bridgehead atoms. The summed E-state index contributed by atoms with van der Waals surface area (Å²) in [5.41, 5.74) is 5.06. The van der Waals surface area contributed by atoms with E-state index in [0.717, 1.165) is 38.4 Å². The zero-order valence-electron chi connectivity index (χ0n) is 14.9. The molecule has 3 rings (SSSR count). The molecule has 0 aliphatic carbocycles. The molecule has 3 aromatic rings. The van der Waals surface area contributed by atoms with Gasteiger partial charge in [-0.05, 0) is 55.7 Å². The molecular formula is C21H21NO2S. The number of ether oxygens (including phenoxy) is 1. The van der Waals surface area contributed by atoms with Gasteiger partial charge in [0.05, 0.1) is 17.9 Å². The maximum absolute atomic E-state index is 12.5. The molecule has 0 saturated heterocycles. The van der Waals surface area contributed by atoms with Gasteiger partial charge in [-0.25, -0.2) is 4.98 Å². The quantitative estimate of drug-likeness (QED) is 0.471. The lowest BCUT2D eigenvalue weighted by Crippen LogP contribution is -2.03. The van der Waals surface area contributed by atoms with Crippen LogP contribution >= 0.6 is 11.8 Å². The summed E-state index contributed by atoms with van der Waals surface area (Å²) in [6.45, 7) is 6.13. The highest BCUT2D eigenvalue weighted by Crippen LogP contribution is 2.29. The third-order valence-corrected chi connectivity index (χ3v) is 5.30. The molecule has 0 amide bonds. The molecular weight excluding hydrogens is 330 g/mol. The molecule has 0 aliphatic rings. The zero-order chi connectivity index (χ0) is 18.0. The number of thioether (sulfide) groups is 1. The van der Waals surface area contributed by atoms with E-state index < -0.39 is 0 Å². The van der Waals surface area contributed by atoms with Gasteiger partial charge in [0.15, 0.2) is 5.78 Å². The van der Waals surface area contributed by atoms with E-state index in [2.05, 4.69) is 11.9 Å². The molecule has 3 nitrogen and oxygen atoms in total. The van der Waals surface area contributed by atoms with Crippen LogP contribution in [0.4, 0.5) is 0 Å². The maximum Gasteiger partial charge on any atom is 0.173 e. The summed E-state index contributed by atoms with van der Waals surface area (Å²) in [7, 11) is 1.65. The lowest BCUT2D eigenvalue weighted by atomic mass is 10.0. The number of carbonyl (C=O) groups is 1. The summed E-state index contributed by atoms with van der Waals surface area (Å²) in [6.07, 6.45) is 0. The first-order chi connectivity index (χ1) is 12.0. The van der Waals surface area contributed by atoms with E-state index in [9.17, 15) is 4.79 Å². The summed E-state index contributed by atoms with van der Waals surface area (Å²) < 4.78 is 5.42. The van der Waals surface area contributed by atoms with Gasteiger partial charge in [-0.15, -0.1) is 0 Å². The zero-order valence-corrected chi connectivity index (χ0v) is 15.7. The predicted octanol–water partition coefficient (Wildman–Crippen LogP) is 5.14. The van der Waals surface area contributed by atoms with E-state index in [1.165, 1.54) is 17.3 Å². The number of aromatic nitrogens is 1. The molecule has 25 heavy (non-hydrogen) atoms. The highest BCUT2D eigenvalue weighted by Gasteiger charge is 2.11. The molecule has 128 valence electrons. The van der Waals surface area contributed by atoms with Gasteiger partial charge in [-0.3, -0.25) is 4.79 Å². The summed E-state index contributed by atoms with van der Waals surface area (Å²) in [5, 5.41) is 1.91. The fourth-order valence-electron chi connectivity index (χ4n) is 2.74. The maximum atomic E-state index is 12.5. The van der Waals surface area contributed by atoms with E-state index in [1.54, 1.807) is 7.11 Å². The fourth-order valence-corrected chi connectivity index (χ4v) is 3.60. The van der Waals surface area contributed by atoms with Gasteiger partial charge in [0.2, 0.25) is 0 Å². The van der Waals surface area contributed by atoms with Crippen LogP contribution in [0.5, 0.6) is 5.75 Å². The van der Waals surface area contributed by atoms with E-state index in [-0.39, 0.29) is 5.78 Å². The first kappa shape index (κ1) is 17.5. The number of hydrogen-bond acceptors (Lipinski definition) is 4. The van der Waals surface area contributed by atoms with E-state index >= 15 is 0 Å². The summed E-state index contributed by atoms with van der Waals surface area (Å²) in [6, 6.07) is 13.8. The summed E-state index contributed by atoms with van der Waals surface area (Å²) >= 11 is 1.47. The van der Waals surface area contributed by atoms with Crippen molar-refractivity contribution in [1.29, 1.82) is 0 Å². The van der Waals surface area contributed by atoms with Crippen molar-refractivity contribution in [2.45, 2.75) is 25.8 Å². The number of ketones is 1. The molecule has 2 aromatic carbocycles. The first-order valence-corrected chi connectivity index (χ1v) is 9.16. The number of benzene rings is 2. The van der Waals surface area contributed by atoms with Crippen molar-refractivity contribution in [1.82, 2.24) is 4.98 Å². The number of pyridine rings is 1. The number of aryl methyl sites for hydroxylation is 3. The molecule has 4 heteroatoms. The van der Waals surface area contributed by atoms with Crippen LogP contribution in [0.3, 0.4) is 0 Å². The van der Waals surface area contributed by atoms with Crippen molar-refractivity contribution in [3.05, 3.63) is 64.7 Å². The summed E-state index contributed by atoms with van der Waals surface area (Å²) in [4.78, 5) is 17.2. The second-order valence-electron chi connectivity index (χ2n) is 6.14. The van der Waals surface area contributed by atoms with Crippen LogP contribution in [0.2, 0.25) is 0 Å². The van der Waals surface area contributed by atoms with Gasteiger partial charge >= 0.3 is 0 Å². The normalized spacial score (nSPS) is 10.9. The molecule has 0 saturated carbocycles. The largest absolute Gasteiger partial charge is 0.494 e. The lowest BCUT2D eigenvalue weighted by molar-refractivity contribution is 0.102. The van der Waals surface area contributed by atoms with Crippen LogP contribution in [0.25, 0.3) is 10.9 Å². The topological polar surface area (TPSA) is 39.2 Å². The molecule has 0 unspecified atom stereocenters. The Hall–Kier alpha value is -2.33.